The van der Waals surface area contributed by atoms with Gasteiger partial charge in [0.05, 0.1) is 10.9 Å². The number of fused-ring (bicyclic) bond motifs is 1. The summed E-state index contributed by atoms with van der Waals surface area (Å²) >= 11 is 0. The lowest BCUT2D eigenvalue weighted by molar-refractivity contribution is 0.176. The predicted octanol–water partition coefficient (Wildman–Crippen LogP) is 5.45. The van der Waals surface area contributed by atoms with Gasteiger partial charge in [0.2, 0.25) is 5.43 Å². The fraction of sp³-hybridized carbons (Fsp3) is 0.414. The zero-order chi connectivity index (χ0) is 24.7. The van der Waals surface area contributed by atoms with Gasteiger partial charge >= 0.3 is 0 Å². The fourth-order valence-electron chi connectivity index (χ4n) is 5.52. The van der Waals surface area contributed by atoms with Crippen LogP contribution in [0.15, 0.2) is 58.2 Å². The lowest BCUT2D eigenvalue weighted by atomic mass is 9.82. The minimum absolute atomic E-state index is 0.0110. The summed E-state index contributed by atoms with van der Waals surface area (Å²) in [7, 11) is 1.95. The monoisotopic (exact) mass is 470 g/mol. The molecule has 0 radical (unpaired) electrons. The van der Waals surface area contributed by atoms with Gasteiger partial charge in [-0.15, -0.1) is 10.2 Å². The second-order valence-electron chi connectivity index (χ2n) is 10.7. The summed E-state index contributed by atoms with van der Waals surface area (Å²) in [4.78, 5) is 16.2. The van der Waals surface area contributed by atoms with Gasteiger partial charge in [0.15, 0.2) is 0 Å². The van der Waals surface area contributed by atoms with E-state index in [4.69, 9.17) is 4.42 Å². The van der Waals surface area contributed by atoms with Crippen molar-refractivity contribution in [3.63, 3.8) is 0 Å². The third kappa shape index (κ3) is 4.43. The Morgan fingerprint density at radius 2 is 2.03 bits per heavy atom. The maximum absolute atomic E-state index is 13.7. The molecule has 0 unspecified atom stereocenters. The van der Waals surface area contributed by atoms with Crippen LogP contribution < -0.4 is 5.43 Å². The molecule has 182 valence electrons. The van der Waals surface area contributed by atoms with Crippen LogP contribution in [-0.4, -0.2) is 32.8 Å². The molecular formula is C29H34N4O2. The number of hydrogen-bond donors (Lipinski definition) is 0. The van der Waals surface area contributed by atoms with Crippen LogP contribution in [0, 0.1) is 12.8 Å². The molecule has 0 saturated carbocycles. The molecule has 0 N–H and O–H groups in total. The number of aromatic nitrogens is 3. The number of benzene rings is 2. The van der Waals surface area contributed by atoms with Crippen molar-refractivity contribution in [1.29, 1.82) is 0 Å². The first-order valence-electron chi connectivity index (χ1n) is 12.5. The molecule has 6 heteroatoms. The summed E-state index contributed by atoms with van der Waals surface area (Å²) in [6.45, 7) is 11.7. The Bertz CT molecular complexity index is 1430. The summed E-state index contributed by atoms with van der Waals surface area (Å²) < 4.78 is 7.98. The highest BCUT2D eigenvalue weighted by molar-refractivity contribution is 5.84. The molecule has 4 aromatic rings. The molecule has 3 heterocycles. The van der Waals surface area contributed by atoms with Crippen LogP contribution in [0.1, 0.15) is 56.1 Å². The highest BCUT2D eigenvalue weighted by atomic mass is 16.3. The lowest BCUT2D eigenvalue weighted by Gasteiger charge is -2.30. The average molecular weight is 471 g/mol. The molecule has 0 spiro atoms. The molecule has 5 rings (SSSR count). The zero-order valence-electron chi connectivity index (χ0n) is 21.3. The molecule has 0 amide bonds. The van der Waals surface area contributed by atoms with E-state index in [1.54, 1.807) is 12.6 Å². The van der Waals surface area contributed by atoms with Gasteiger partial charge in [-0.3, -0.25) is 9.69 Å². The standard InChI is InChI=1S/C29H34N4O2/c1-19-8-7-11-33(15-19)16-21-12-20(2)27-24(13-21)26(34)25(17-35-27)22-9-6-10-23(14-22)29(3,4)28-31-30-18-32(28)5/h6,9-10,12-14,17-19H,7-8,11,15-16H2,1-5H3/t19-/m0/s1. The van der Waals surface area contributed by atoms with Gasteiger partial charge in [0.1, 0.15) is 24.0 Å². The first-order valence-corrected chi connectivity index (χ1v) is 12.5. The van der Waals surface area contributed by atoms with Crippen molar-refractivity contribution in [3.05, 3.63) is 81.7 Å². The van der Waals surface area contributed by atoms with E-state index in [0.717, 1.165) is 48.1 Å². The van der Waals surface area contributed by atoms with Crippen molar-refractivity contribution >= 4 is 11.0 Å². The molecule has 1 aliphatic rings. The lowest BCUT2D eigenvalue weighted by Crippen LogP contribution is -2.33. The van der Waals surface area contributed by atoms with Crippen molar-refractivity contribution in [1.82, 2.24) is 19.7 Å². The second kappa shape index (κ2) is 9.08. The van der Waals surface area contributed by atoms with Crippen molar-refractivity contribution < 1.29 is 4.42 Å². The van der Waals surface area contributed by atoms with Gasteiger partial charge in [-0.1, -0.05) is 31.2 Å². The topological polar surface area (TPSA) is 64.2 Å². The van der Waals surface area contributed by atoms with E-state index in [1.165, 1.54) is 18.4 Å². The van der Waals surface area contributed by atoms with Crippen LogP contribution >= 0.6 is 0 Å². The van der Waals surface area contributed by atoms with E-state index in [-0.39, 0.29) is 10.8 Å². The number of hydrogen-bond acceptors (Lipinski definition) is 5. The van der Waals surface area contributed by atoms with E-state index >= 15 is 0 Å². The van der Waals surface area contributed by atoms with E-state index in [1.807, 2.05) is 36.7 Å². The molecular weight excluding hydrogens is 436 g/mol. The molecule has 35 heavy (non-hydrogen) atoms. The largest absolute Gasteiger partial charge is 0.463 e. The number of nitrogens with zero attached hydrogens (tertiary/aromatic N) is 4. The van der Waals surface area contributed by atoms with Crippen molar-refractivity contribution in [2.75, 3.05) is 13.1 Å². The highest BCUT2D eigenvalue weighted by Gasteiger charge is 2.28. The minimum atomic E-state index is -0.367. The third-order valence-electron chi connectivity index (χ3n) is 7.43. The summed E-state index contributed by atoms with van der Waals surface area (Å²) in [6.07, 6.45) is 5.86. The van der Waals surface area contributed by atoms with Crippen molar-refractivity contribution in [3.8, 4) is 11.1 Å². The number of aryl methyl sites for hydroxylation is 2. The quantitative estimate of drug-likeness (QED) is 0.388. The SMILES string of the molecule is Cc1cc(CN2CCC[C@H](C)C2)cc2c(=O)c(-c3cccc(C(C)(C)c4nncn4C)c3)coc12. The van der Waals surface area contributed by atoms with E-state index in [9.17, 15) is 4.79 Å². The van der Waals surface area contributed by atoms with Gasteiger partial charge in [-0.2, -0.15) is 0 Å². The first kappa shape index (κ1) is 23.5. The van der Waals surface area contributed by atoms with E-state index in [2.05, 4.69) is 54.1 Å². The molecule has 0 aliphatic carbocycles. The minimum Gasteiger partial charge on any atom is -0.463 e. The smallest absolute Gasteiger partial charge is 0.200 e. The zero-order valence-corrected chi connectivity index (χ0v) is 21.3. The average Bonchev–Trinajstić information content (AvgIpc) is 3.27. The van der Waals surface area contributed by atoms with Gasteiger partial charge < -0.3 is 8.98 Å². The second-order valence-corrected chi connectivity index (χ2v) is 10.7. The molecule has 2 aromatic carbocycles. The number of rotatable bonds is 5. The van der Waals surface area contributed by atoms with Crippen LogP contribution in [0.25, 0.3) is 22.1 Å². The van der Waals surface area contributed by atoms with Crippen LogP contribution in [0.3, 0.4) is 0 Å². The maximum atomic E-state index is 13.7. The highest BCUT2D eigenvalue weighted by Crippen LogP contribution is 2.32. The molecule has 1 saturated heterocycles. The Labute approximate surface area is 206 Å². The van der Waals surface area contributed by atoms with Crippen LogP contribution in [0.2, 0.25) is 0 Å². The summed E-state index contributed by atoms with van der Waals surface area (Å²) in [5.41, 5.74) is 4.98. The molecule has 6 nitrogen and oxygen atoms in total. The van der Waals surface area contributed by atoms with Crippen molar-refractivity contribution in [2.24, 2.45) is 13.0 Å². The van der Waals surface area contributed by atoms with Gasteiger partial charge in [-0.25, -0.2) is 0 Å². The summed E-state index contributed by atoms with van der Waals surface area (Å²) in [5, 5.41) is 9.03. The number of piperidine rings is 1. The van der Waals surface area contributed by atoms with E-state index in [0.29, 0.717) is 16.5 Å². The molecule has 1 aliphatic heterocycles. The normalized spacial score (nSPS) is 17.2. The van der Waals surface area contributed by atoms with Crippen LogP contribution in [-0.2, 0) is 19.0 Å². The molecule has 2 aromatic heterocycles. The van der Waals surface area contributed by atoms with Crippen LogP contribution in [0.5, 0.6) is 0 Å². The summed E-state index contributed by atoms with van der Waals surface area (Å²) in [6, 6.07) is 12.3. The molecule has 0 bridgehead atoms. The van der Waals surface area contributed by atoms with Gasteiger partial charge in [-0.05, 0) is 80.5 Å². The van der Waals surface area contributed by atoms with Crippen molar-refractivity contribution in [2.45, 2.75) is 52.5 Å². The Kier molecular flexibility index (Phi) is 6.09. The van der Waals surface area contributed by atoms with E-state index < -0.39 is 0 Å². The Morgan fingerprint density at radius 3 is 2.77 bits per heavy atom. The van der Waals surface area contributed by atoms with Gasteiger partial charge in [0.25, 0.3) is 0 Å². The summed E-state index contributed by atoms with van der Waals surface area (Å²) in [5.74, 6) is 1.59. The third-order valence-corrected chi connectivity index (χ3v) is 7.43. The molecule has 1 fully saturated rings. The Hall–Kier alpha value is -3.25. The first-order chi connectivity index (χ1) is 16.7. The van der Waals surface area contributed by atoms with Crippen LogP contribution in [0.4, 0.5) is 0 Å². The van der Waals surface area contributed by atoms with Gasteiger partial charge in [0, 0.05) is 25.6 Å². The predicted molar refractivity (Wildman–Crippen MR) is 139 cm³/mol. The molecule has 1 atom stereocenters. The maximum Gasteiger partial charge on any atom is 0.200 e. The fourth-order valence-corrected chi connectivity index (χ4v) is 5.52. The number of likely N-dealkylation sites (tertiary alicyclic amines) is 1. The Morgan fingerprint density at radius 1 is 1.20 bits per heavy atom. The Balaban J connectivity index is 1.54.